The zero-order valence-electron chi connectivity index (χ0n) is 10.9. The largest absolute Gasteiger partial charge is 0.350 e. The number of carbonyl (C=O) groups excluding carboxylic acids is 1. The van der Waals surface area contributed by atoms with Crippen LogP contribution < -0.4 is 10.6 Å². The maximum atomic E-state index is 11.9. The molecule has 0 radical (unpaired) electrons. The molecule has 0 saturated carbocycles. The van der Waals surface area contributed by atoms with E-state index in [9.17, 15) is 4.79 Å². The summed E-state index contributed by atoms with van der Waals surface area (Å²) >= 11 is 0. The van der Waals surface area contributed by atoms with Crippen molar-refractivity contribution in [2.75, 3.05) is 13.1 Å². The van der Waals surface area contributed by atoms with Crippen molar-refractivity contribution in [3.05, 3.63) is 24.0 Å². The summed E-state index contributed by atoms with van der Waals surface area (Å²) < 4.78 is 0. The van der Waals surface area contributed by atoms with Crippen molar-refractivity contribution in [2.24, 2.45) is 5.41 Å². The first-order chi connectivity index (χ1) is 8.59. The molecule has 5 nitrogen and oxygen atoms in total. The van der Waals surface area contributed by atoms with E-state index in [1.807, 2.05) is 0 Å². The fourth-order valence-electron chi connectivity index (χ4n) is 2.34. The lowest BCUT2D eigenvalue weighted by molar-refractivity contribution is 0.0928. The summed E-state index contributed by atoms with van der Waals surface area (Å²) in [5, 5.41) is 13.8. The molecule has 18 heavy (non-hydrogen) atoms. The smallest absolute Gasteiger partial charge is 0.253 e. The molecule has 1 amide bonds. The Labute approximate surface area is 107 Å². The number of aromatic nitrogens is 2. The molecule has 2 heterocycles. The minimum atomic E-state index is -0.0897. The molecule has 5 heteroatoms. The quantitative estimate of drug-likeness (QED) is 0.837. The average molecular weight is 248 g/mol. The summed E-state index contributed by atoms with van der Waals surface area (Å²) in [7, 11) is 0. The molecule has 1 aromatic heterocycles. The van der Waals surface area contributed by atoms with E-state index in [1.165, 1.54) is 25.2 Å². The highest BCUT2D eigenvalue weighted by Crippen LogP contribution is 2.29. The van der Waals surface area contributed by atoms with Gasteiger partial charge in [-0.1, -0.05) is 13.8 Å². The monoisotopic (exact) mass is 248 g/mol. The Kier molecular flexibility index (Phi) is 3.91. The van der Waals surface area contributed by atoms with E-state index in [0.29, 0.717) is 18.2 Å². The predicted molar refractivity (Wildman–Crippen MR) is 69.2 cm³/mol. The van der Waals surface area contributed by atoms with Crippen molar-refractivity contribution in [2.45, 2.75) is 32.7 Å². The minimum Gasteiger partial charge on any atom is -0.350 e. The summed E-state index contributed by atoms with van der Waals surface area (Å²) in [5.41, 5.74) is 0.779. The molecule has 2 N–H and O–H groups in total. The van der Waals surface area contributed by atoms with Crippen LogP contribution >= 0.6 is 0 Å². The molecule has 1 atom stereocenters. The van der Waals surface area contributed by atoms with E-state index in [1.54, 1.807) is 6.07 Å². The SMILES string of the molecule is CC1(C)CCCNC1CNC(=O)c1ccnnc1. The van der Waals surface area contributed by atoms with Gasteiger partial charge in [0, 0.05) is 12.6 Å². The van der Waals surface area contributed by atoms with Crippen molar-refractivity contribution < 1.29 is 4.79 Å². The molecule has 1 aromatic rings. The second-order valence-corrected chi connectivity index (χ2v) is 5.44. The molecule has 1 fully saturated rings. The molecule has 1 saturated heterocycles. The Hall–Kier alpha value is -1.49. The lowest BCUT2D eigenvalue weighted by Gasteiger charge is -2.39. The van der Waals surface area contributed by atoms with Crippen LogP contribution in [0.3, 0.4) is 0 Å². The fraction of sp³-hybridized carbons (Fsp3) is 0.615. The summed E-state index contributed by atoms with van der Waals surface area (Å²) in [6.07, 6.45) is 5.40. The molecule has 1 aliphatic heterocycles. The van der Waals surface area contributed by atoms with Crippen LogP contribution in [-0.2, 0) is 0 Å². The molecule has 0 aliphatic carbocycles. The summed E-state index contributed by atoms with van der Waals surface area (Å²) in [4.78, 5) is 11.9. The van der Waals surface area contributed by atoms with Gasteiger partial charge in [0.05, 0.1) is 18.0 Å². The summed E-state index contributed by atoms with van der Waals surface area (Å²) in [6, 6.07) is 1.99. The fourth-order valence-corrected chi connectivity index (χ4v) is 2.34. The molecule has 98 valence electrons. The van der Waals surface area contributed by atoms with Gasteiger partial charge in [0.1, 0.15) is 0 Å². The van der Waals surface area contributed by atoms with E-state index >= 15 is 0 Å². The number of carbonyl (C=O) groups is 1. The van der Waals surface area contributed by atoms with Gasteiger partial charge >= 0.3 is 0 Å². The normalized spacial score (nSPS) is 22.4. The van der Waals surface area contributed by atoms with Crippen molar-refractivity contribution in [1.82, 2.24) is 20.8 Å². The van der Waals surface area contributed by atoms with Crippen LogP contribution in [0, 0.1) is 5.41 Å². The van der Waals surface area contributed by atoms with Crippen LogP contribution in [0.25, 0.3) is 0 Å². The third-order valence-electron chi connectivity index (χ3n) is 3.65. The highest BCUT2D eigenvalue weighted by molar-refractivity contribution is 5.93. The first kappa shape index (κ1) is 13.0. The highest BCUT2D eigenvalue weighted by Gasteiger charge is 2.31. The maximum Gasteiger partial charge on any atom is 0.253 e. The van der Waals surface area contributed by atoms with Crippen molar-refractivity contribution >= 4 is 5.91 Å². The Balaban J connectivity index is 1.90. The zero-order chi connectivity index (χ0) is 13.0. The first-order valence-corrected chi connectivity index (χ1v) is 6.38. The molecule has 0 aromatic carbocycles. The summed E-state index contributed by atoms with van der Waals surface area (Å²) in [5.74, 6) is -0.0897. The van der Waals surface area contributed by atoms with E-state index in [-0.39, 0.29) is 11.3 Å². The van der Waals surface area contributed by atoms with Crippen molar-refractivity contribution in [3.63, 3.8) is 0 Å². The third-order valence-corrected chi connectivity index (χ3v) is 3.65. The molecule has 1 unspecified atom stereocenters. The average Bonchev–Trinajstić information content (AvgIpc) is 2.38. The molecular formula is C13H20N4O. The first-order valence-electron chi connectivity index (χ1n) is 6.38. The zero-order valence-corrected chi connectivity index (χ0v) is 10.9. The number of hydrogen-bond acceptors (Lipinski definition) is 4. The van der Waals surface area contributed by atoms with Gasteiger partial charge in [-0.15, -0.1) is 0 Å². The van der Waals surface area contributed by atoms with Gasteiger partial charge in [-0.3, -0.25) is 4.79 Å². The number of amides is 1. The van der Waals surface area contributed by atoms with Crippen LogP contribution in [0.1, 0.15) is 37.0 Å². The Morgan fingerprint density at radius 1 is 1.56 bits per heavy atom. The third kappa shape index (κ3) is 3.04. The van der Waals surface area contributed by atoms with Crippen LogP contribution in [-0.4, -0.2) is 35.2 Å². The molecule has 0 spiro atoms. The second-order valence-electron chi connectivity index (χ2n) is 5.44. The van der Waals surface area contributed by atoms with Crippen LogP contribution in [0.4, 0.5) is 0 Å². The van der Waals surface area contributed by atoms with Crippen LogP contribution in [0.5, 0.6) is 0 Å². The van der Waals surface area contributed by atoms with Gasteiger partial charge in [0.15, 0.2) is 0 Å². The lowest BCUT2D eigenvalue weighted by atomic mass is 9.77. The maximum absolute atomic E-state index is 11.9. The van der Waals surface area contributed by atoms with E-state index in [4.69, 9.17) is 0 Å². The van der Waals surface area contributed by atoms with E-state index in [2.05, 4.69) is 34.7 Å². The van der Waals surface area contributed by atoms with Gasteiger partial charge < -0.3 is 10.6 Å². The molecule has 0 bridgehead atoms. The number of nitrogens with one attached hydrogen (secondary N) is 2. The predicted octanol–water partition coefficient (Wildman–Crippen LogP) is 0.985. The Morgan fingerprint density at radius 2 is 2.39 bits per heavy atom. The van der Waals surface area contributed by atoms with Crippen molar-refractivity contribution in [3.8, 4) is 0 Å². The van der Waals surface area contributed by atoms with Crippen LogP contribution in [0.15, 0.2) is 18.5 Å². The van der Waals surface area contributed by atoms with Gasteiger partial charge in [-0.05, 0) is 30.9 Å². The number of piperidine rings is 1. The molecule has 1 aliphatic rings. The lowest BCUT2D eigenvalue weighted by Crippen LogP contribution is -2.52. The van der Waals surface area contributed by atoms with Crippen molar-refractivity contribution in [1.29, 1.82) is 0 Å². The topological polar surface area (TPSA) is 66.9 Å². The Morgan fingerprint density at radius 3 is 3.06 bits per heavy atom. The van der Waals surface area contributed by atoms with Gasteiger partial charge in [-0.25, -0.2) is 0 Å². The standard InChI is InChI=1S/C13H20N4O/c1-13(2)5-3-6-14-11(13)9-15-12(18)10-4-7-16-17-8-10/h4,7-8,11,14H,3,5-6,9H2,1-2H3,(H,15,18). The second kappa shape index (κ2) is 5.44. The van der Waals surface area contributed by atoms with E-state index in [0.717, 1.165) is 6.54 Å². The number of nitrogens with zero attached hydrogens (tertiary/aromatic N) is 2. The molecule has 2 rings (SSSR count). The van der Waals surface area contributed by atoms with Gasteiger partial charge in [-0.2, -0.15) is 10.2 Å². The van der Waals surface area contributed by atoms with Gasteiger partial charge in [0.25, 0.3) is 5.91 Å². The molecular weight excluding hydrogens is 228 g/mol. The van der Waals surface area contributed by atoms with Gasteiger partial charge in [0.2, 0.25) is 0 Å². The van der Waals surface area contributed by atoms with E-state index < -0.39 is 0 Å². The highest BCUT2D eigenvalue weighted by atomic mass is 16.1. The minimum absolute atomic E-state index is 0.0897. The number of rotatable bonds is 3. The number of hydrogen-bond donors (Lipinski definition) is 2. The summed E-state index contributed by atoms with van der Waals surface area (Å²) in [6.45, 7) is 6.16. The Bertz CT molecular complexity index is 405. The van der Waals surface area contributed by atoms with Crippen LogP contribution in [0.2, 0.25) is 0 Å².